The molecule has 0 aliphatic rings. The van der Waals surface area contributed by atoms with Gasteiger partial charge in [-0.1, -0.05) is 118 Å². The van der Waals surface area contributed by atoms with Crippen molar-refractivity contribution in [3.63, 3.8) is 0 Å². The van der Waals surface area contributed by atoms with E-state index in [-0.39, 0.29) is 27.7 Å². The average molecular weight is 581 g/mol. The number of rotatable bonds is 4. The van der Waals surface area contributed by atoms with Crippen LogP contribution in [0.5, 0.6) is 0 Å². The van der Waals surface area contributed by atoms with Gasteiger partial charge in [-0.15, -0.1) is 0 Å². The minimum atomic E-state index is -0.674. The Labute approximate surface area is 280 Å². The average Bonchev–Trinajstić information content (AvgIpc) is 3.20. The molecule has 0 aliphatic carbocycles. The van der Waals surface area contributed by atoms with E-state index in [2.05, 4.69) is 30.7 Å². The fourth-order valence-electron chi connectivity index (χ4n) is 5.59. The van der Waals surface area contributed by atoms with Crippen molar-refractivity contribution >= 4 is 32.3 Å². The van der Waals surface area contributed by atoms with Gasteiger partial charge in [-0.25, -0.2) is 0 Å². The molecule has 0 unspecified atom stereocenters. The third kappa shape index (κ3) is 4.42. The molecule has 0 amide bonds. The van der Waals surface area contributed by atoms with E-state index in [1.54, 1.807) is 12.1 Å². The fraction of sp³-hybridized carbons (Fsp3) is 0.0952. The normalized spacial score (nSPS) is 17.1. The van der Waals surface area contributed by atoms with Crippen LogP contribution in [-0.2, 0) is 5.41 Å². The van der Waals surface area contributed by atoms with Crippen molar-refractivity contribution in [3.8, 4) is 44.8 Å². The smallest absolute Gasteiger partial charge is 0.0840 e. The SMILES string of the molecule is [2H]c1nc(-c2c([2H])c([2H])c(-c3cc(-c4c([2H])c([2H])c(-c5nc([2H])c([2H])c([2H])c5[2H])c([2H])c4[2H])c4ccc5cc(C(C)(C)C)cc6ccc3c4c65)c([2H])c2[2H])c([2H])c([2H])c1[2H]. The number of hydrogen-bond donors (Lipinski definition) is 0. The minimum Gasteiger partial charge on any atom is -0.256 e. The number of pyridine rings is 2. The lowest BCUT2D eigenvalue weighted by Gasteiger charge is -2.23. The Kier molecular flexibility index (Phi) is 3.32. The molecule has 6 aromatic carbocycles. The molecule has 8 aromatic rings. The summed E-state index contributed by atoms with van der Waals surface area (Å²) >= 11 is 0. The first-order valence-electron chi connectivity index (χ1n) is 21.9. The van der Waals surface area contributed by atoms with Gasteiger partial charge in [0.15, 0.2) is 0 Å². The van der Waals surface area contributed by atoms with Gasteiger partial charge in [0.2, 0.25) is 0 Å². The predicted octanol–water partition coefficient (Wildman–Crippen LogP) is 11.3. The molecule has 0 aliphatic heterocycles. The summed E-state index contributed by atoms with van der Waals surface area (Å²) in [6, 6.07) is 4.34. The van der Waals surface area contributed by atoms with Crippen LogP contribution in [0.3, 0.4) is 0 Å². The summed E-state index contributed by atoms with van der Waals surface area (Å²) in [7, 11) is 0. The molecule has 0 bridgehead atoms. The summed E-state index contributed by atoms with van der Waals surface area (Å²) in [5.74, 6) is 0. The zero-order valence-corrected chi connectivity index (χ0v) is 23.9. The van der Waals surface area contributed by atoms with E-state index in [4.69, 9.17) is 16.4 Å². The summed E-state index contributed by atoms with van der Waals surface area (Å²) in [6.45, 7) is 6.25. The Morgan fingerprint density at radius 1 is 0.500 bits per heavy atom. The molecule has 0 N–H and O–H groups in total. The Bertz CT molecular complexity index is 2950. The maximum absolute atomic E-state index is 9.32. The molecule has 0 radical (unpaired) electrons. The second-order valence-corrected chi connectivity index (χ2v) is 11.5. The Morgan fingerprint density at radius 2 is 0.955 bits per heavy atom. The van der Waals surface area contributed by atoms with Gasteiger partial charge in [0.1, 0.15) is 0 Å². The molecule has 2 heteroatoms. The van der Waals surface area contributed by atoms with Gasteiger partial charge in [-0.3, -0.25) is 9.97 Å². The Balaban J connectivity index is 1.52. The van der Waals surface area contributed by atoms with Crippen molar-refractivity contribution < 1.29 is 21.9 Å². The van der Waals surface area contributed by atoms with Crippen LogP contribution in [0.4, 0.5) is 0 Å². The van der Waals surface area contributed by atoms with Crippen molar-refractivity contribution in [2.45, 2.75) is 26.2 Å². The number of nitrogens with zero attached hydrogens (tertiary/aromatic N) is 2. The highest BCUT2D eigenvalue weighted by Gasteiger charge is 2.20. The number of hydrogen-bond acceptors (Lipinski definition) is 2. The van der Waals surface area contributed by atoms with Gasteiger partial charge in [0.25, 0.3) is 0 Å². The van der Waals surface area contributed by atoms with E-state index in [1.807, 2.05) is 24.3 Å². The number of benzene rings is 6. The molecule has 0 atom stereocenters. The Morgan fingerprint density at radius 3 is 1.41 bits per heavy atom. The molecule has 2 nitrogen and oxygen atoms in total. The van der Waals surface area contributed by atoms with Gasteiger partial charge < -0.3 is 0 Å². The maximum Gasteiger partial charge on any atom is 0.0840 e. The van der Waals surface area contributed by atoms with E-state index >= 15 is 0 Å². The molecule has 2 aromatic heterocycles. The lowest BCUT2D eigenvalue weighted by molar-refractivity contribution is 0.591. The molecule has 0 spiro atoms. The van der Waals surface area contributed by atoms with Crippen molar-refractivity contribution in [1.29, 1.82) is 0 Å². The molecular weight excluding hydrogens is 532 g/mol. The largest absolute Gasteiger partial charge is 0.256 e. The first-order valence-corrected chi connectivity index (χ1v) is 13.9. The van der Waals surface area contributed by atoms with E-state index in [9.17, 15) is 5.48 Å². The van der Waals surface area contributed by atoms with Gasteiger partial charge >= 0.3 is 0 Å². The van der Waals surface area contributed by atoms with Crippen LogP contribution in [-0.4, -0.2) is 9.97 Å². The van der Waals surface area contributed by atoms with E-state index < -0.39 is 119 Å². The van der Waals surface area contributed by atoms with Crippen LogP contribution >= 0.6 is 0 Å². The first-order chi connectivity index (χ1) is 28.1. The van der Waals surface area contributed by atoms with Gasteiger partial charge in [-0.2, -0.15) is 0 Å². The highest BCUT2D eigenvalue weighted by Crippen LogP contribution is 2.45. The topological polar surface area (TPSA) is 25.8 Å². The quantitative estimate of drug-likeness (QED) is 0.194. The zero-order valence-electron chi connectivity index (χ0n) is 39.9. The molecule has 0 fully saturated rings. The lowest BCUT2D eigenvalue weighted by Crippen LogP contribution is -2.10. The summed E-state index contributed by atoms with van der Waals surface area (Å²) in [6.07, 6.45) is -1.35. The van der Waals surface area contributed by atoms with Crippen LogP contribution in [0.15, 0.2) is 139 Å². The minimum absolute atomic E-state index is 0.151. The van der Waals surface area contributed by atoms with E-state index in [1.165, 1.54) is 6.07 Å². The third-order valence-electron chi connectivity index (χ3n) is 7.78. The molecule has 44 heavy (non-hydrogen) atoms. The van der Waals surface area contributed by atoms with Crippen LogP contribution < -0.4 is 0 Å². The molecular formula is C42H32N2. The van der Waals surface area contributed by atoms with Crippen molar-refractivity contribution in [2.24, 2.45) is 0 Å². The van der Waals surface area contributed by atoms with Crippen molar-refractivity contribution in [2.75, 3.05) is 0 Å². The third-order valence-corrected chi connectivity index (χ3v) is 7.78. The van der Waals surface area contributed by atoms with Gasteiger partial charge in [0, 0.05) is 23.5 Å². The van der Waals surface area contributed by atoms with Crippen molar-refractivity contribution in [1.82, 2.24) is 9.97 Å². The summed E-state index contributed by atoms with van der Waals surface area (Å²) in [5.41, 5.74) is -1.07. The van der Waals surface area contributed by atoms with Crippen LogP contribution in [0, 0.1) is 0 Å². The van der Waals surface area contributed by atoms with Crippen LogP contribution in [0.1, 0.15) is 48.3 Å². The van der Waals surface area contributed by atoms with Crippen LogP contribution in [0.25, 0.3) is 77.1 Å². The predicted molar refractivity (Wildman–Crippen MR) is 186 cm³/mol. The zero-order chi connectivity index (χ0) is 43.8. The summed E-state index contributed by atoms with van der Waals surface area (Å²) in [4.78, 5) is 7.84. The molecule has 2 heterocycles. The van der Waals surface area contributed by atoms with Gasteiger partial charge in [-0.05, 0) is 95.8 Å². The van der Waals surface area contributed by atoms with Gasteiger partial charge in [0.05, 0.1) is 33.3 Å². The number of aromatic nitrogens is 2. The molecule has 8 rings (SSSR count). The first kappa shape index (κ1) is 14.4. The van der Waals surface area contributed by atoms with Crippen LogP contribution in [0.2, 0.25) is 0 Å². The highest BCUT2D eigenvalue weighted by molar-refractivity contribution is 6.28. The second-order valence-electron chi connectivity index (χ2n) is 11.5. The summed E-state index contributed by atoms with van der Waals surface area (Å²) < 4.78 is 139. The summed E-state index contributed by atoms with van der Waals surface area (Å²) in [5, 5.41) is 3.97. The molecule has 210 valence electrons. The monoisotopic (exact) mass is 580 g/mol. The van der Waals surface area contributed by atoms with E-state index in [0.717, 1.165) is 21.7 Å². The molecule has 0 saturated heterocycles. The molecule has 0 saturated carbocycles. The second kappa shape index (κ2) is 10.1. The van der Waals surface area contributed by atoms with E-state index in [0.29, 0.717) is 16.2 Å². The maximum atomic E-state index is 9.32. The lowest BCUT2D eigenvalue weighted by atomic mass is 9.81. The Hall–Kier alpha value is -5.34. The highest BCUT2D eigenvalue weighted by atomic mass is 14.7. The fourth-order valence-corrected chi connectivity index (χ4v) is 5.59. The van der Waals surface area contributed by atoms with Crippen molar-refractivity contribution in [3.05, 3.63) is 145 Å². The standard InChI is InChI=1S/C42H32N2/c1-42(2,3)33-24-31-18-20-34-36(27-10-14-29(15-11-27)38-8-4-6-22-43-38)26-37(35-21-19-32(25-33)40(31)41(34)35)28-12-16-30(17-13-28)39-9-5-7-23-44-39/h4-26H,1-3H3/i4D,5D,6D,7D,8D,9D,10D,11D,12D,13D,14D,15D,16D,17D,22D,23D.